The summed E-state index contributed by atoms with van der Waals surface area (Å²) in [5.41, 5.74) is 3.19. The van der Waals surface area contributed by atoms with E-state index in [-0.39, 0.29) is 11.9 Å². The molecule has 0 saturated heterocycles. The minimum Gasteiger partial charge on any atom is -0.271 e. The molecule has 0 aromatic heterocycles. The lowest BCUT2D eigenvalue weighted by Crippen LogP contribution is -2.30. The standard InChI is InChI=1S/C14H13BrClFN2S/c15-9-4-5-13(17)12(6-9)14(19-18)8-20-11-3-1-2-10(16)7-11/h1-7,14,19H,8,18H2. The van der Waals surface area contributed by atoms with Crippen LogP contribution in [0.3, 0.4) is 0 Å². The second-order valence-electron chi connectivity index (χ2n) is 4.15. The summed E-state index contributed by atoms with van der Waals surface area (Å²) in [7, 11) is 0. The summed E-state index contributed by atoms with van der Waals surface area (Å²) in [5, 5.41) is 0.681. The highest BCUT2D eigenvalue weighted by molar-refractivity contribution is 9.10. The molecule has 0 aliphatic rings. The van der Waals surface area contributed by atoms with Gasteiger partial charge < -0.3 is 0 Å². The van der Waals surface area contributed by atoms with Crippen LogP contribution in [0.25, 0.3) is 0 Å². The van der Waals surface area contributed by atoms with Gasteiger partial charge in [0.05, 0.1) is 6.04 Å². The van der Waals surface area contributed by atoms with Crippen molar-refractivity contribution in [3.05, 3.63) is 63.3 Å². The highest BCUT2D eigenvalue weighted by Gasteiger charge is 2.15. The van der Waals surface area contributed by atoms with Gasteiger partial charge in [0.1, 0.15) is 5.82 Å². The van der Waals surface area contributed by atoms with E-state index < -0.39 is 0 Å². The van der Waals surface area contributed by atoms with Crippen molar-refractivity contribution < 1.29 is 4.39 Å². The van der Waals surface area contributed by atoms with Gasteiger partial charge in [0.2, 0.25) is 0 Å². The fourth-order valence-corrected chi connectivity index (χ4v) is 3.40. The molecule has 0 heterocycles. The van der Waals surface area contributed by atoms with E-state index in [4.69, 9.17) is 17.4 Å². The molecule has 0 aliphatic heterocycles. The summed E-state index contributed by atoms with van der Waals surface area (Å²) < 4.78 is 14.7. The fourth-order valence-electron chi connectivity index (χ4n) is 1.75. The molecule has 2 rings (SSSR count). The third-order valence-corrected chi connectivity index (χ3v) is 4.56. The molecule has 106 valence electrons. The van der Waals surface area contributed by atoms with Gasteiger partial charge in [0, 0.05) is 25.7 Å². The number of hydrazine groups is 1. The molecule has 2 aromatic rings. The number of benzene rings is 2. The molecular formula is C14H13BrClFN2S. The maximum Gasteiger partial charge on any atom is 0.128 e. The summed E-state index contributed by atoms with van der Waals surface area (Å²) in [6.45, 7) is 0. The molecular weight excluding hydrogens is 363 g/mol. The zero-order chi connectivity index (χ0) is 14.5. The monoisotopic (exact) mass is 374 g/mol. The zero-order valence-electron chi connectivity index (χ0n) is 10.4. The Morgan fingerprint density at radius 2 is 2.10 bits per heavy atom. The Labute approximate surface area is 135 Å². The Morgan fingerprint density at radius 3 is 2.80 bits per heavy atom. The number of hydrogen-bond donors (Lipinski definition) is 2. The molecule has 20 heavy (non-hydrogen) atoms. The zero-order valence-corrected chi connectivity index (χ0v) is 13.6. The Bertz CT molecular complexity index is 597. The summed E-state index contributed by atoms with van der Waals surface area (Å²) >= 11 is 10.8. The molecule has 0 fully saturated rings. The third-order valence-electron chi connectivity index (χ3n) is 2.75. The Morgan fingerprint density at radius 1 is 1.30 bits per heavy atom. The van der Waals surface area contributed by atoms with Gasteiger partial charge in [0.25, 0.3) is 0 Å². The number of nitrogens with two attached hydrogens (primary N) is 1. The lowest BCUT2D eigenvalue weighted by atomic mass is 10.1. The van der Waals surface area contributed by atoms with Crippen LogP contribution in [0.4, 0.5) is 4.39 Å². The highest BCUT2D eigenvalue weighted by Crippen LogP contribution is 2.28. The van der Waals surface area contributed by atoms with E-state index in [1.165, 1.54) is 6.07 Å². The molecule has 2 nitrogen and oxygen atoms in total. The number of nitrogens with one attached hydrogen (secondary N) is 1. The molecule has 6 heteroatoms. The van der Waals surface area contributed by atoms with Crippen LogP contribution in [-0.2, 0) is 0 Å². The molecule has 1 atom stereocenters. The summed E-state index contributed by atoms with van der Waals surface area (Å²) in [6, 6.07) is 12.1. The lowest BCUT2D eigenvalue weighted by molar-refractivity contribution is 0.546. The smallest absolute Gasteiger partial charge is 0.128 e. The van der Waals surface area contributed by atoms with Gasteiger partial charge in [-0.2, -0.15) is 0 Å². The first kappa shape index (κ1) is 15.8. The largest absolute Gasteiger partial charge is 0.271 e. The average molecular weight is 376 g/mol. The third kappa shape index (κ3) is 4.20. The van der Waals surface area contributed by atoms with Crippen molar-refractivity contribution in [2.24, 2.45) is 5.84 Å². The van der Waals surface area contributed by atoms with Crippen molar-refractivity contribution in [3.8, 4) is 0 Å². The van der Waals surface area contributed by atoms with Crippen LogP contribution in [0.2, 0.25) is 5.02 Å². The molecule has 0 spiro atoms. The predicted molar refractivity (Wildman–Crippen MR) is 86.3 cm³/mol. The molecule has 3 N–H and O–H groups in total. The summed E-state index contributed by atoms with van der Waals surface area (Å²) in [6.07, 6.45) is 0. The molecule has 0 aliphatic carbocycles. The van der Waals surface area contributed by atoms with Crippen LogP contribution in [0.1, 0.15) is 11.6 Å². The van der Waals surface area contributed by atoms with Crippen molar-refractivity contribution in [2.45, 2.75) is 10.9 Å². The maximum atomic E-state index is 13.8. The summed E-state index contributed by atoms with van der Waals surface area (Å²) in [4.78, 5) is 1.02. The molecule has 0 bridgehead atoms. The van der Waals surface area contributed by atoms with Crippen LogP contribution in [-0.4, -0.2) is 5.75 Å². The molecule has 2 aromatic carbocycles. The van der Waals surface area contributed by atoms with Gasteiger partial charge >= 0.3 is 0 Å². The minimum atomic E-state index is -0.281. The van der Waals surface area contributed by atoms with Crippen molar-refractivity contribution in [1.29, 1.82) is 0 Å². The van der Waals surface area contributed by atoms with E-state index in [9.17, 15) is 4.39 Å². The summed E-state index contributed by atoms with van der Waals surface area (Å²) in [5.74, 6) is 5.87. The van der Waals surface area contributed by atoms with Crippen molar-refractivity contribution in [3.63, 3.8) is 0 Å². The van der Waals surface area contributed by atoms with Crippen LogP contribution < -0.4 is 11.3 Å². The first-order valence-corrected chi connectivity index (χ1v) is 8.05. The maximum absolute atomic E-state index is 13.8. The fraction of sp³-hybridized carbons (Fsp3) is 0.143. The predicted octanol–water partition coefficient (Wildman–Crippen LogP) is 4.54. The van der Waals surface area contributed by atoms with E-state index in [0.717, 1.165) is 9.37 Å². The Kier molecular flexibility index (Phi) is 5.86. The van der Waals surface area contributed by atoms with Gasteiger partial charge in [-0.3, -0.25) is 11.3 Å². The van der Waals surface area contributed by atoms with Gasteiger partial charge in [-0.1, -0.05) is 33.6 Å². The van der Waals surface area contributed by atoms with E-state index >= 15 is 0 Å². The van der Waals surface area contributed by atoms with Crippen molar-refractivity contribution in [2.75, 3.05) is 5.75 Å². The average Bonchev–Trinajstić information content (AvgIpc) is 2.43. The quantitative estimate of drug-likeness (QED) is 0.458. The van der Waals surface area contributed by atoms with Crippen LogP contribution in [0.15, 0.2) is 51.8 Å². The molecule has 1 unspecified atom stereocenters. The van der Waals surface area contributed by atoms with Crippen molar-refractivity contribution >= 4 is 39.3 Å². The molecule has 0 amide bonds. The Balaban J connectivity index is 2.11. The number of hydrogen-bond acceptors (Lipinski definition) is 3. The Hall–Kier alpha value is -0.590. The number of rotatable bonds is 5. The number of halogens is 3. The van der Waals surface area contributed by atoms with Crippen LogP contribution in [0, 0.1) is 5.82 Å². The van der Waals surface area contributed by atoms with E-state index in [1.54, 1.807) is 23.9 Å². The van der Waals surface area contributed by atoms with E-state index in [1.807, 2.05) is 24.3 Å². The second kappa shape index (κ2) is 7.43. The number of thioether (sulfide) groups is 1. The second-order valence-corrected chi connectivity index (χ2v) is 6.60. The van der Waals surface area contributed by atoms with Gasteiger partial charge in [-0.25, -0.2) is 4.39 Å². The van der Waals surface area contributed by atoms with Crippen LogP contribution in [0.5, 0.6) is 0 Å². The normalized spacial score (nSPS) is 12.4. The van der Waals surface area contributed by atoms with Gasteiger partial charge in [-0.05, 0) is 36.4 Å². The van der Waals surface area contributed by atoms with E-state index in [2.05, 4.69) is 21.4 Å². The first-order chi connectivity index (χ1) is 9.60. The lowest BCUT2D eigenvalue weighted by Gasteiger charge is -2.17. The minimum absolute atomic E-state index is 0.275. The van der Waals surface area contributed by atoms with E-state index in [0.29, 0.717) is 16.3 Å². The molecule has 0 radical (unpaired) electrons. The topological polar surface area (TPSA) is 38.0 Å². The van der Waals surface area contributed by atoms with Gasteiger partial charge in [-0.15, -0.1) is 11.8 Å². The van der Waals surface area contributed by atoms with Crippen LogP contribution >= 0.6 is 39.3 Å². The van der Waals surface area contributed by atoms with Crippen molar-refractivity contribution in [1.82, 2.24) is 5.43 Å². The SMILES string of the molecule is NNC(CSc1cccc(Cl)c1)c1cc(Br)ccc1F. The first-order valence-electron chi connectivity index (χ1n) is 5.89. The molecule has 0 saturated carbocycles. The van der Waals surface area contributed by atoms with Gasteiger partial charge in [0.15, 0.2) is 0 Å². The highest BCUT2D eigenvalue weighted by atomic mass is 79.9.